The summed E-state index contributed by atoms with van der Waals surface area (Å²) in [4.78, 5) is 12.6. The summed E-state index contributed by atoms with van der Waals surface area (Å²) in [6.45, 7) is 0. The first kappa shape index (κ1) is 14.1. The number of thioether (sulfide) groups is 1. The van der Waals surface area contributed by atoms with Gasteiger partial charge in [0.2, 0.25) is 0 Å². The molecule has 0 unspecified atom stereocenters. The van der Waals surface area contributed by atoms with E-state index < -0.39 is 11.4 Å². The fourth-order valence-electron chi connectivity index (χ4n) is 2.61. The van der Waals surface area contributed by atoms with E-state index in [0.29, 0.717) is 24.3 Å². The third kappa shape index (κ3) is 2.06. The molecular weight excluding hydrogens is 264 g/mol. The lowest BCUT2D eigenvalue weighted by Crippen LogP contribution is -2.42. The summed E-state index contributed by atoms with van der Waals surface area (Å²) < 4.78 is 10.8. The molecule has 1 N–H and O–H groups in total. The first-order valence-electron chi connectivity index (χ1n) is 6.13. The van der Waals surface area contributed by atoms with Crippen molar-refractivity contribution in [2.45, 2.75) is 29.6 Å². The molecule has 0 radical (unpaired) electrons. The van der Waals surface area contributed by atoms with Gasteiger partial charge >= 0.3 is 5.97 Å². The zero-order valence-corrected chi connectivity index (χ0v) is 12.2. The van der Waals surface area contributed by atoms with Crippen molar-refractivity contribution >= 4 is 17.7 Å². The fourth-order valence-corrected chi connectivity index (χ4v) is 3.17. The number of hydrogen-bond donors (Lipinski definition) is 1. The Hall–Kier alpha value is -1.36. The van der Waals surface area contributed by atoms with Crippen molar-refractivity contribution in [1.82, 2.24) is 0 Å². The Kier molecular flexibility index (Phi) is 3.94. The van der Waals surface area contributed by atoms with Crippen LogP contribution in [0.15, 0.2) is 17.0 Å². The molecule has 4 nitrogen and oxygen atoms in total. The highest BCUT2D eigenvalue weighted by Crippen LogP contribution is 2.51. The van der Waals surface area contributed by atoms with E-state index in [9.17, 15) is 9.90 Å². The minimum absolute atomic E-state index is 0.552. The second-order valence-corrected chi connectivity index (χ2v) is 5.47. The molecule has 0 spiro atoms. The van der Waals surface area contributed by atoms with E-state index >= 15 is 0 Å². The van der Waals surface area contributed by atoms with Crippen LogP contribution in [-0.4, -0.2) is 31.6 Å². The van der Waals surface area contributed by atoms with Crippen molar-refractivity contribution in [2.75, 3.05) is 20.5 Å². The third-order valence-electron chi connectivity index (χ3n) is 3.84. The van der Waals surface area contributed by atoms with E-state index in [4.69, 9.17) is 9.47 Å². The Morgan fingerprint density at radius 1 is 1.26 bits per heavy atom. The molecule has 1 saturated carbocycles. The third-order valence-corrected chi connectivity index (χ3v) is 4.60. The molecule has 0 aliphatic heterocycles. The van der Waals surface area contributed by atoms with Crippen LogP contribution in [0.1, 0.15) is 24.8 Å². The zero-order valence-electron chi connectivity index (χ0n) is 11.4. The van der Waals surface area contributed by atoms with Crippen LogP contribution >= 0.6 is 11.8 Å². The molecule has 2 rings (SSSR count). The number of carboxylic acid groups (broad SMARTS) is 1. The zero-order chi connectivity index (χ0) is 14.0. The molecule has 104 valence electrons. The molecule has 0 bridgehead atoms. The maximum Gasteiger partial charge on any atom is 0.314 e. The van der Waals surface area contributed by atoms with Crippen LogP contribution in [-0.2, 0) is 10.2 Å². The van der Waals surface area contributed by atoms with Gasteiger partial charge in [0.1, 0.15) is 0 Å². The molecule has 1 aliphatic rings. The minimum atomic E-state index is -0.810. The summed E-state index contributed by atoms with van der Waals surface area (Å²) in [5.74, 6) is 0.396. The molecule has 1 aliphatic carbocycles. The minimum Gasteiger partial charge on any atom is -0.492 e. The van der Waals surface area contributed by atoms with E-state index in [1.165, 1.54) is 0 Å². The molecule has 0 atom stereocenters. The van der Waals surface area contributed by atoms with E-state index in [0.717, 1.165) is 16.9 Å². The number of benzene rings is 1. The Morgan fingerprint density at radius 2 is 1.89 bits per heavy atom. The van der Waals surface area contributed by atoms with Gasteiger partial charge in [-0.2, -0.15) is 0 Å². The van der Waals surface area contributed by atoms with Gasteiger partial charge in [-0.1, -0.05) is 12.5 Å². The van der Waals surface area contributed by atoms with E-state index in [-0.39, 0.29) is 0 Å². The summed E-state index contributed by atoms with van der Waals surface area (Å²) in [7, 11) is 3.13. The van der Waals surface area contributed by atoms with Crippen molar-refractivity contribution in [3.05, 3.63) is 17.7 Å². The van der Waals surface area contributed by atoms with Crippen molar-refractivity contribution < 1.29 is 19.4 Å². The molecule has 19 heavy (non-hydrogen) atoms. The van der Waals surface area contributed by atoms with Crippen molar-refractivity contribution in [2.24, 2.45) is 0 Å². The van der Waals surface area contributed by atoms with Crippen molar-refractivity contribution in [1.29, 1.82) is 0 Å². The molecular formula is C14H18O4S. The van der Waals surface area contributed by atoms with Gasteiger partial charge in [0.05, 0.1) is 24.5 Å². The number of rotatable bonds is 5. The predicted molar refractivity (Wildman–Crippen MR) is 74.5 cm³/mol. The van der Waals surface area contributed by atoms with Gasteiger partial charge in [-0.3, -0.25) is 4.79 Å². The summed E-state index contributed by atoms with van der Waals surface area (Å²) in [6.07, 6.45) is 4.19. The van der Waals surface area contributed by atoms with Crippen molar-refractivity contribution in [3.63, 3.8) is 0 Å². The standard InChI is InChI=1S/C14H18O4S/c1-17-11-9(14(13(15)16)7-4-8-14)5-6-10(19-3)12(11)18-2/h5-6H,4,7-8H2,1-3H3,(H,15,16). The van der Waals surface area contributed by atoms with Crippen LogP contribution < -0.4 is 9.47 Å². The summed E-state index contributed by atoms with van der Waals surface area (Å²) >= 11 is 1.55. The maximum atomic E-state index is 11.6. The SMILES string of the molecule is COc1c(SC)ccc(C2(C(=O)O)CCC2)c1OC. The van der Waals surface area contributed by atoms with Gasteiger partial charge < -0.3 is 14.6 Å². The largest absolute Gasteiger partial charge is 0.492 e. The smallest absolute Gasteiger partial charge is 0.314 e. The van der Waals surface area contributed by atoms with Crippen LogP contribution in [0.5, 0.6) is 11.5 Å². The molecule has 1 fully saturated rings. The number of carboxylic acids is 1. The Bertz CT molecular complexity index is 494. The summed E-state index contributed by atoms with van der Waals surface area (Å²) in [6, 6.07) is 3.77. The van der Waals surface area contributed by atoms with Gasteiger partial charge in [0.25, 0.3) is 0 Å². The van der Waals surface area contributed by atoms with Crippen molar-refractivity contribution in [3.8, 4) is 11.5 Å². The highest BCUT2D eigenvalue weighted by molar-refractivity contribution is 7.98. The molecule has 0 heterocycles. The first-order valence-corrected chi connectivity index (χ1v) is 7.36. The number of methoxy groups -OCH3 is 2. The molecule has 1 aromatic carbocycles. The number of carbonyl (C=O) groups is 1. The quantitative estimate of drug-likeness (QED) is 0.841. The van der Waals surface area contributed by atoms with Gasteiger partial charge in [-0.05, 0) is 25.2 Å². The normalized spacial score (nSPS) is 16.6. The molecule has 0 saturated heterocycles. The van der Waals surface area contributed by atoms with Gasteiger partial charge in [0, 0.05) is 5.56 Å². The first-order chi connectivity index (χ1) is 9.10. The highest BCUT2D eigenvalue weighted by atomic mass is 32.2. The molecule has 0 aromatic heterocycles. The Morgan fingerprint density at radius 3 is 2.26 bits per heavy atom. The predicted octanol–water partition coefficient (Wildman–Crippen LogP) is 2.93. The fraction of sp³-hybridized carbons (Fsp3) is 0.500. The molecule has 0 amide bonds. The Labute approximate surface area is 117 Å². The van der Waals surface area contributed by atoms with Gasteiger partial charge in [-0.15, -0.1) is 11.8 Å². The van der Waals surface area contributed by atoms with Crippen LogP contribution in [0, 0.1) is 0 Å². The van der Waals surface area contributed by atoms with E-state index in [1.54, 1.807) is 26.0 Å². The van der Waals surface area contributed by atoms with Gasteiger partial charge in [0.15, 0.2) is 11.5 Å². The lowest BCUT2D eigenvalue weighted by molar-refractivity contribution is -0.147. The number of hydrogen-bond acceptors (Lipinski definition) is 4. The average Bonchev–Trinajstić information content (AvgIpc) is 2.35. The van der Waals surface area contributed by atoms with Crippen LogP contribution in [0.3, 0.4) is 0 Å². The van der Waals surface area contributed by atoms with Crippen LogP contribution in [0.25, 0.3) is 0 Å². The second-order valence-electron chi connectivity index (χ2n) is 4.62. The maximum absolute atomic E-state index is 11.6. The lowest BCUT2D eigenvalue weighted by atomic mass is 9.64. The van der Waals surface area contributed by atoms with Gasteiger partial charge in [-0.25, -0.2) is 0 Å². The summed E-state index contributed by atoms with van der Waals surface area (Å²) in [5.41, 5.74) is -0.0846. The Balaban J connectivity index is 2.61. The average molecular weight is 282 g/mol. The second kappa shape index (κ2) is 5.33. The van der Waals surface area contributed by atoms with E-state index in [1.807, 2.05) is 18.4 Å². The summed E-state index contributed by atoms with van der Waals surface area (Å²) in [5, 5.41) is 9.55. The highest BCUT2D eigenvalue weighted by Gasteiger charge is 2.48. The van der Waals surface area contributed by atoms with Crippen LogP contribution in [0.4, 0.5) is 0 Å². The molecule has 1 aromatic rings. The molecule has 5 heteroatoms. The van der Waals surface area contributed by atoms with E-state index in [2.05, 4.69) is 0 Å². The number of ether oxygens (including phenoxy) is 2. The lowest BCUT2D eigenvalue weighted by Gasteiger charge is -2.39. The number of aliphatic carboxylic acids is 1. The topological polar surface area (TPSA) is 55.8 Å². The monoisotopic (exact) mass is 282 g/mol. The van der Waals surface area contributed by atoms with Crippen LogP contribution in [0.2, 0.25) is 0 Å².